The lowest BCUT2D eigenvalue weighted by molar-refractivity contribution is -0.201. The smallest absolute Gasteiger partial charge is 0.416 e. The minimum Gasteiger partial charge on any atom is -0.494 e. The zero-order chi connectivity index (χ0) is 28.1. The van der Waals surface area contributed by atoms with E-state index < -0.39 is 55.7 Å². The van der Waals surface area contributed by atoms with Crippen LogP contribution in [-0.4, -0.2) is 54.0 Å². The fraction of sp³-hybridized carbons (Fsp3) is 0.400. The van der Waals surface area contributed by atoms with Gasteiger partial charge in [-0.15, -0.1) is 0 Å². The molecule has 0 aliphatic carbocycles. The van der Waals surface area contributed by atoms with Crippen LogP contribution < -0.4 is 15.4 Å². The van der Waals surface area contributed by atoms with Crippen molar-refractivity contribution in [2.24, 2.45) is 0 Å². The van der Waals surface area contributed by atoms with Crippen molar-refractivity contribution >= 4 is 17.4 Å². The summed E-state index contributed by atoms with van der Waals surface area (Å²) < 4.78 is 86.1. The van der Waals surface area contributed by atoms with Crippen LogP contribution in [-0.2, 0) is 15.1 Å². The maximum absolute atomic E-state index is 14.7. The van der Waals surface area contributed by atoms with Crippen LogP contribution in [0.25, 0.3) is 5.57 Å². The number of halogens is 6. The molecule has 7 nitrogen and oxygen atoms in total. The molecule has 13 heteroatoms. The predicted octanol–water partition coefficient (Wildman–Crippen LogP) is 3.95. The number of benzene rings is 1. The van der Waals surface area contributed by atoms with E-state index in [1.54, 1.807) is 13.0 Å². The molecule has 0 spiro atoms. The van der Waals surface area contributed by atoms with Crippen LogP contribution >= 0.6 is 0 Å². The number of alkyl halides is 6. The summed E-state index contributed by atoms with van der Waals surface area (Å²) >= 11 is 0. The number of carbonyl (C=O) groups is 2. The van der Waals surface area contributed by atoms with Gasteiger partial charge in [0.25, 0.3) is 0 Å². The summed E-state index contributed by atoms with van der Waals surface area (Å²) in [6.45, 7) is 0.141. The molecule has 3 rings (SSSR count). The van der Waals surface area contributed by atoms with Crippen LogP contribution in [0.5, 0.6) is 5.75 Å². The SMILES string of the molecule is Cc1ccc(C2=C(CNC(=O)CO)C(=O)N[C@@](c3ccc(OCCCC(F)(F)F)cc3)(C(F)(F)F)C2)nc1. The van der Waals surface area contributed by atoms with E-state index in [1.807, 2.05) is 5.32 Å². The molecule has 0 saturated heterocycles. The molecule has 1 atom stereocenters. The first-order valence-corrected chi connectivity index (χ1v) is 11.5. The van der Waals surface area contributed by atoms with Crippen molar-refractivity contribution in [2.75, 3.05) is 19.8 Å². The Morgan fingerprint density at radius 1 is 1.13 bits per heavy atom. The first-order valence-electron chi connectivity index (χ1n) is 11.5. The number of aromatic nitrogens is 1. The van der Waals surface area contributed by atoms with Crippen LogP contribution in [0.3, 0.4) is 0 Å². The lowest BCUT2D eigenvalue weighted by Gasteiger charge is -2.41. The summed E-state index contributed by atoms with van der Waals surface area (Å²) in [5.74, 6) is -1.84. The van der Waals surface area contributed by atoms with Gasteiger partial charge in [0.2, 0.25) is 11.8 Å². The number of carbonyl (C=O) groups excluding carboxylic acids is 2. The van der Waals surface area contributed by atoms with Gasteiger partial charge >= 0.3 is 12.4 Å². The van der Waals surface area contributed by atoms with Crippen molar-refractivity contribution in [2.45, 2.75) is 44.1 Å². The van der Waals surface area contributed by atoms with Gasteiger partial charge in [0.15, 0.2) is 5.54 Å². The third-order valence-electron chi connectivity index (χ3n) is 5.94. The van der Waals surface area contributed by atoms with E-state index in [0.717, 1.165) is 17.7 Å². The minimum absolute atomic E-state index is 0.0446. The van der Waals surface area contributed by atoms with Gasteiger partial charge in [-0.05, 0) is 48.2 Å². The van der Waals surface area contributed by atoms with Crippen molar-refractivity contribution in [1.29, 1.82) is 0 Å². The highest BCUT2D eigenvalue weighted by atomic mass is 19.4. The maximum atomic E-state index is 14.7. The summed E-state index contributed by atoms with van der Waals surface area (Å²) in [5.41, 5.74) is -2.55. The second-order valence-electron chi connectivity index (χ2n) is 8.74. The minimum atomic E-state index is -4.98. The summed E-state index contributed by atoms with van der Waals surface area (Å²) in [5, 5.41) is 13.3. The molecule has 0 unspecified atom stereocenters. The van der Waals surface area contributed by atoms with Gasteiger partial charge in [0, 0.05) is 31.2 Å². The number of aryl methyl sites for hydroxylation is 1. The lowest BCUT2D eigenvalue weighted by Crippen LogP contribution is -2.59. The van der Waals surface area contributed by atoms with E-state index in [2.05, 4.69) is 10.3 Å². The average molecular weight is 545 g/mol. The molecule has 38 heavy (non-hydrogen) atoms. The number of ether oxygens (including phenoxy) is 1. The highest BCUT2D eigenvalue weighted by Crippen LogP contribution is 2.48. The lowest BCUT2D eigenvalue weighted by atomic mass is 9.77. The maximum Gasteiger partial charge on any atom is 0.416 e. The van der Waals surface area contributed by atoms with Gasteiger partial charge in [0.05, 0.1) is 12.3 Å². The number of hydrogen-bond acceptors (Lipinski definition) is 5. The normalized spacial score (nSPS) is 18.3. The molecule has 1 aromatic carbocycles. The predicted molar refractivity (Wildman–Crippen MR) is 124 cm³/mol. The van der Waals surface area contributed by atoms with Gasteiger partial charge in [-0.3, -0.25) is 14.6 Å². The molecule has 1 aliphatic rings. The molecule has 0 bridgehead atoms. The molecule has 2 aromatic rings. The molecule has 0 fully saturated rings. The second kappa shape index (κ2) is 11.4. The van der Waals surface area contributed by atoms with E-state index in [9.17, 15) is 35.9 Å². The van der Waals surface area contributed by atoms with Gasteiger partial charge in [-0.1, -0.05) is 18.2 Å². The molecule has 1 aromatic heterocycles. The molecule has 1 aliphatic heterocycles. The van der Waals surface area contributed by atoms with Crippen LogP contribution in [0.2, 0.25) is 0 Å². The monoisotopic (exact) mass is 545 g/mol. The molecule has 206 valence electrons. The highest BCUT2D eigenvalue weighted by Gasteiger charge is 2.59. The third kappa shape index (κ3) is 6.82. The number of nitrogens with one attached hydrogen (secondary N) is 2. The number of aliphatic hydroxyl groups excluding tert-OH is 1. The molecule has 0 saturated carbocycles. The molecular weight excluding hydrogens is 520 g/mol. The van der Waals surface area contributed by atoms with Crippen LogP contribution in [0, 0.1) is 6.92 Å². The highest BCUT2D eigenvalue weighted by molar-refractivity contribution is 6.04. The summed E-state index contributed by atoms with van der Waals surface area (Å²) in [6, 6.07) is 7.64. The van der Waals surface area contributed by atoms with Crippen molar-refractivity contribution < 1.29 is 45.8 Å². The van der Waals surface area contributed by atoms with Gasteiger partial charge in [0.1, 0.15) is 12.4 Å². The van der Waals surface area contributed by atoms with E-state index in [-0.39, 0.29) is 41.2 Å². The molecule has 2 amide bonds. The Bertz CT molecular complexity index is 1180. The Morgan fingerprint density at radius 3 is 2.37 bits per heavy atom. The number of amides is 2. The standard InChI is InChI=1S/C25H25F6N3O4/c1-15-3-8-20(32-12-15)18-11-23(25(29,30)31,34-22(37)19(18)13-33-21(36)14-35)16-4-6-17(7-5-16)38-10-2-9-24(26,27)28/h3-8,12,35H,2,9-11,13-14H2,1H3,(H,33,36)(H,34,37)/t23-/m0/s1. The van der Waals surface area contributed by atoms with Crippen molar-refractivity contribution in [3.8, 4) is 5.75 Å². The van der Waals surface area contributed by atoms with Crippen LogP contribution in [0.15, 0.2) is 48.2 Å². The Hall–Kier alpha value is -3.61. The fourth-order valence-electron chi connectivity index (χ4n) is 3.95. The number of hydrogen-bond donors (Lipinski definition) is 3. The Morgan fingerprint density at radius 2 is 1.82 bits per heavy atom. The largest absolute Gasteiger partial charge is 0.494 e. The molecule has 0 radical (unpaired) electrons. The molecule has 3 N–H and O–H groups in total. The van der Waals surface area contributed by atoms with Gasteiger partial charge < -0.3 is 20.5 Å². The quantitative estimate of drug-likeness (QED) is 0.327. The van der Waals surface area contributed by atoms with E-state index in [4.69, 9.17) is 9.84 Å². The summed E-state index contributed by atoms with van der Waals surface area (Å²) in [7, 11) is 0. The van der Waals surface area contributed by atoms with E-state index >= 15 is 0 Å². The summed E-state index contributed by atoms with van der Waals surface area (Å²) in [4.78, 5) is 28.8. The molecular formula is C25H25F6N3O4. The zero-order valence-electron chi connectivity index (χ0n) is 20.2. The molecule has 2 heterocycles. The Labute approximate surface area is 213 Å². The first kappa shape index (κ1) is 29.0. The number of nitrogens with zero attached hydrogens (tertiary/aromatic N) is 1. The van der Waals surface area contributed by atoms with Crippen LogP contribution in [0.1, 0.15) is 36.1 Å². The average Bonchev–Trinajstić information content (AvgIpc) is 2.85. The fourth-order valence-corrected chi connectivity index (χ4v) is 3.95. The number of aliphatic hydroxyl groups is 1. The van der Waals surface area contributed by atoms with Crippen molar-refractivity contribution in [1.82, 2.24) is 15.6 Å². The second-order valence-corrected chi connectivity index (χ2v) is 8.74. The first-order chi connectivity index (χ1) is 17.8. The number of pyridine rings is 1. The van der Waals surface area contributed by atoms with Crippen LogP contribution in [0.4, 0.5) is 26.3 Å². The third-order valence-corrected chi connectivity index (χ3v) is 5.94. The topological polar surface area (TPSA) is 101 Å². The Kier molecular flexibility index (Phi) is 8.70. The summed E-state index contributed by atoms with van der Waals surface area (Å²) in [6.07, 6.45) is -10.0. The van der Waals surface area contributed by atoms with Crippen molar-refractivity contribution in [3.63, 3.8) is 0 Å². The van der Waals surface area contributed by atoms with Gasteiger partial charge in [-0.2, -0.15) is 26.3 Å². The van der Waals surface area contributed by atoms with E-state index in [0.29, 0.717) is 0 Å². The number of rotatable bonds is 9. The zero-order valence-corrected chi connectivity index (χ0v) is 20.2. The van der Waals surface area contributed by atoms with E-state index in [1.165, 1.54) is 24.4 Å². The van der Waals surface area contributed by atoms with Crippen molar-refractivity contribution in [3.05, 3.63) is 65.0 Å². The Balaban J connectivity index is 1.97. The van der Waals surface area contributed by atoms with Gasteiger partial charge in [-0.25, -0.2) is 0 Å².